The molecule has 0 aromatic heterocycles. The van der Waals surface area contributed by atoms with E-state index in [1.54, 1.807) is 11.0 Å². The van der Waals surface area contributed by atoms with E-state index in [1.807, 2.05) is 35.2 Å². The van der Waals surface area contributed by atoms with Gasteiger partial charge in [0.25, 0.3) is 5.91 Å². The molecule has 2 aliphatic rings. The highest BCUT2D eigenvalue weighted by Crippen LogP contribution is 2.21. The van der Waals surface area contributed by atoms with Gasteiger partial charge in [0.15, 0.2) is 6.61 Å². The van der Waals surface area contributed by atoms with Crippen molar-refractivity contribution in [2.75, 3.05) is 59.0 Å². The Hall–Kier alpha value is -2.87. The van der Waals surface area contributed by atoms with Gasteiger partial charge in [-0.3, -0.25) is 19.3 Å². The summed E-state index contributed by atoms with van der Waals surface area (Å²) in [5, 5.41) is 2.78. The molecule has 8 nitrogen and oxygen atoms in total. The molecule has 2 heterocycles. The van der Waals surface area contributed by atoms with Crippen LogP contribution in [0.1, 0.15) is 12.8 Å². The number of likely N-dealkylation sites (tertiary alicyclic amines) is 1. The maximum absolute atomic E-state index is 12.9. The molecule has 2 saturated heterocycles. The Labute approximate surface area is 183 Å². The van der Waals surface area contributed by atoms with Crippen molar-refractivity contribution in [2.45, 2.75) is 12.8 Å². The number of piperazine rings is 1. The van der Waals surface area contributed by atoms with E-state index in [0.717, 1.165) is 0 Å². The van der Waals surface area contributed by atoms with Crippen LogP contribution < -0.4 is 10.1 Å². The van der Waals surface area contributed by atoms with Gasteiger partial charge in [0.2, 0.25) is 11.8 Å². The number of carbonyl (C=O) groups is 3. The van der Waals surface area contributed by atoms with Gasteiger partial charge >= 0.3 is 0 Å². The number of hydrogen-bond acceptors (Lipinski definition) is 5. The third-order valence-corrected chi connectivity index (χ3v) is 5.80. The van der Waals surface area contributed by atoms with Crippen LogP contribution in [0.3, 0.4) is 0 Å². The highest BCUT2D eigenvalue weighted by Gasteiger charge is 2.32. The van der Waals surface area contributed by atoms with Crippen LogP contribution in [0.2, 0.25) is 0 Å². The molecule has 2 aliphatic heterocycles. The van der Waals surface area contributed by atoms with Gasteiger partial charge < -0.3 is 19.9 Å². The van der Waals surface area contributed by atoms with Crippen LogP contribution >= 0.6 is 0 Å². The molecule has 1 aromatic carbocycles. The summed E-state index contributed by atoms with van der Waals surface area (Å²) in [6.07, 6.45) is 3.02. The first-order valence-corrected chi connectivity index (χ1v) is 10.9. The molecule has 2 fully saturated rings. The number of amides is 3. The maximum atomic E-state index is 12.9. The Morgan fingerprint density at radius 3 is 2.32 bits per heavy atom. The van der Waals surface area contributed by atoms with Gasteiger partial charge in [-0.1, -0.05) is 24.3 Å². The SMILES string of the molecule is C=CCNC(=O)CN1CCN(C(=O)C2CCN(C(=O)COc3ccccc3)CC2)CC1. The maximum Gasteiger partial charge on any atom is 0.260 e. The van der Waals surface area contributed by atoms with Crippen LogP contribution in [0.15, 0.2) is 43.0 Å². The Kier molecular flexibility index (Phi) is 8.46. The lowest BCUT2D eigenvalue weighted by molar-refractivity contribution is -0.142. The van der Waals surface area contributed by atoms with Gasteiger partial charge in [-0.25, -0.2) is 0 Å². The lowest BCUT2D eigenvalue weighted by Crippen LogP contribution is -2.53. The van der Waals surface area contributed by atoms with Crippen molar-refractivity contribution >= 4 is 17.7 Å². The summed E-state index contributed by atoms with van der Waals surface area (Å²) in [6.45, 7) is 8.25. The number of rotatable bonds is 8. The van der Waals surface area contributed by atoms with E-state index in [-0.39, 0.29) is 30.2 Å². The van der Waals surface area contributed by atoms with Gasteiger partial charge in [0, 0.05) is 51.7 Å². The summed E-state index contributed by atoms with van der Waals surface area (Å²) in [7, 11) is 0. The normalized spacial score (nSPS) is 17.8. The van der Waals surface area contributed by atoms with Crippen molar-refractivity contribution in [3.63, 3.8) is 0 Å². The van der Waals surface area contributed by atoms with Crippen LogP contribution in [0, 0.1) is 5.92 Å². The average Bonchev–Trinajstić information content (AvgIpc) is 2.82. The molecule has 31 heavy (non-hydrogen) atoms. The standard InChI is InChI=1S/C23H32N4O4/c1-2-10-24-21(28)17-25-13-15-27(16-14-25)23(30)19-8-11-26(12-9-19)22(29)18-31-20-6-4-3-5-7-20/h2-7,19H,1,8-18H2,(H,24,28). The van der Waals surface area contributed by atoms with Crippen LogP contribution in [-0.4, -0.2) is 91.4 Å². The monoisotopic (exact) mass is 428 g/mol. The molecular formula is C23H32N4O4. The largest absolute Gasteiger partial charge is 0.484 e. The summed E-state index contributed by atoms with van der Waals surface area (Å²) in [4.78, 5) is 42.9. The third kappa shape index (κ3) is 6.82. The van der Waals surface area contributed by atoms with E-state index in [0.29, 0.717) is 70.9 Å². The first kappa shape index (κ1) is 22.8. The summed E-state index contributed by atoms with van der Waals surface area (Å²) < 4.78 is 5.55. The van der Waals surface area contributed by atoms with Crippen LogP contribution in [0.25, 0.3) is 0 Å². The second kappa shape index (κ2) is 11.5. The number of para-hydroxylation sites is 1. The van der Waals surface area contributed by atoms with Crippen LogP contribution in [0.5, 0.6) is 5.75 Å². The minimum atomic E-state index is -0.0434. The molecule has 0 bridgehead atoms. The van der Waals surface area contributed by atoms with Crippen molar-refractivity contribution in [2.24, 2.45) is 5.92 Å². The Morgan fingerprint density at radius 1 is 1.00 bits per heavy atom. The van der Waals surface area contributed by atoms with Crippen LogP contribution in [0.4, 0.5) is 0 Å². The van der Waals surface area contributed by atoms with E-state index in [2.05, 4.69) is 16.8 Å². The summed E-state index contributed by atoms with van der Waals surface area (Å²) >= 11 is 0. The number of benzene rings is 1. The van der Waals surface area contributed by atoms with Crippen LogP contribution in [-0.2, 0) is 14.4 Å². The fraction of sp³-hybridized carbons (Fsp3) is 0.522. The van der Waals surface area contributed by atoms with Crippen molar-refractivity contribution in [3.05, 3.63) is 43.0 Å². The molecule has 0 spiro atoms. The quantitative estimate of drug-likeness (QED) is 0.618. The molecular weight excluding hydrogens is 396 g/mol. The second-order valence-electron chi connectivity index (χ2n) is 7.95. The fourth-order valence-corrected chi connectivity index (χ4v) is 3.96. The molecule has 0 unspecified atom stereocenters. The average molecular weight is 429 g/mol. The first-order chi connectivity index (χ1) is 15.1. The van der Waals surface area contributed by atoms with Gasteiger partial charge in [0.05, 0.1) is 6.54 Å². The number of nitrogens with one attached hydrogen (secondary N) is 1. The van der Waals surface area contributed by atoms with Gasteiger partial charge in [-0.2, -0.15) is 0 Å². The summed E-state index contributed by atoms with van der Waals surface area (Å²) in [5.41, 5.74) is 0. The molecule has 8 heteroatoms. The van der Waals surface area contributed by atoms with Gasteiger partial charge in [0.1, 0.15) is 5.75 Å². The topological polar surface area (TPSA) is 82.2 Å². The fourth-order valence-electron chi connectivity index (χ4n) is 3.96. The van der Waals surface area contributed by atoms with E-state index in [1.165, 1.54) is 0 Å². The van der Waals surface area contributed by atoms with Crippen molar-refractivity contribution < 1.29 is 19.1 Å². The predicted octanol–water partition coefficient (Wildman–Crippen LogP) is 0.750. The molecule has 0 atom stereocenters. The van der Waals surface area contributed by atoms with Crippen molar-refractivity contribution in [3.8, 4) is 5.75 Å². The first-order valence-electron chi connectivity index (χ1n) is 10.9. The molecule has 0 aliphatic carbocycles. The van der Waals surface area contributed by atoms with E-state index >= 15 is 0 Å². The number of hydrogen-bond donors (Lipinski definition) is 1. The van der Waals surface area contributed by atoms with Crippen molar-refractivity contribution in [1.82, 2.24) is 20.0 Å². The van der Waals surface area contributed by atoms with E-state index < -0.39 is 0 Å². The highest BCUT2D eigenvalue weighted by atomic mass is 16.5. The Bertz CT molecular complexity index is 754. The minimum Gasteiger partial charge on any atom is -0.484 e. The summed E-state index contributed by atoms with van der Waals surface area (Å²) in [5.74, 6) is 0.745. The zero-order valence-corrected chi connectivity index (χ0v) is 18.0. The number of piperidine rings is 1. The zero-order valence-electron chi connectivity index (χ0n) is 18.0. The molecule has 1 aromatic rings. The number of nitrogens with zero attached hydrogens (tertiary/aromatic N) is 3. The Balaban J connectivity index is 1.36. The highest BCUT2D eigenvalue weighted by molar-refractivity contribution is 5.81. The molecule has 0 saturated carbocycles. The smallest absolute Gasteiger partial charge is 0.260 e. The van der Waals surface area contributed by atoms with E-state index in [9.17, 15) is 14.4 Å². The predicted molar refractivity (Wildman–Crippen MR) is 117 cm³/mol. The van der Waals surface area contributed by atoms with Gasteiger partial charge in [-0.15, -0.1) is 6.58 Å². The minimum absolute atomic E-state index is 0.0188. The third-order valence-electron chi connectivity index (χ3n) is 5.80. The Morgan fingerprint density at radius 2 is 1.68 bits per heavy atom. The molecule has 0 radical (unpaired) electrons. The number of carbonyl (C=O) groups excluding carboxylic acids is 3. The molecule has 3 amide bonds. The van der Waals surface area contributed by atoms with Gasteiger partial charge in [-0.05, 0) is 25.0 Å². The number of ether oxygens (including phenoxy) is 1. The molecule has 3 rings (SSSR count). The second-order valence-corrected chi connectivity index (χ2v) is 7.95. The summed E-state index contributed by atoms with van der Waals surface area (Å²) in [6, 6.07) is 9.29. The van der Waals surface area contributed by atoms with Crippen molar-refractivity contribution in [1.29, 1.82) is 0 Å². The van der Waals surface area contributed by atoms with E-state index in [4.69, 9.17) is 4.74 Å². The lowest BCUT2D eigenvalue weighted by atomic mass is 9.95. The molecule has 1 N–H and O–H groups in total. The zero-order chi connectivity index (χ0) is 22.1. The lowest BCUT2D eigenvalue weighted by Gasteiger charge is -2.38. The molecule has 168 valence electrons.